The summed E-state index contributed by atoms with van der Waals surface area (Å²) >= 11 is 0. The quantitative estimate of drug-likeness (QED) is 0.778. The fourth-order valence-electron chi connectivity index (χ4n) is 3.39. The Labute approximate surface area is 166 Å². The lowest BCUT2D eigenvalue weighted by Crippen LogP contribution is -2.40. The number of halogens is 1. The number of nitrogens with zero attached hydrogens (tertiary/aromatic N) is 1. The molecule has 0 saturated heterocycles. The van der Waals surface area contributed by atoms with E-state index < -0.39 is 0 Å². The number of hydrogen-bond donors (Lipinski definition) is 1. The number of hydrogen-bond acceptors (Lipinski definition) is 3. The van der Waals surface area contributed by atoms with Crippen molar-refractivity contribution in [2.24, 2.45) is 5.41 Å². The van der Waals surface area contributed by atoms with Gasteiger partial charge in [0.25, 0.3) is 0 Å². The molecule has 0 fully saturated rings. The van der Waals surface area contributed by atoms with E-state index in [0.717, 1.165) is 28.3 Å². The number of carbonyl (C=O) groups excluding carboxylic acids is 1. The van der Waals surface area contributed by atoms with Crippen LogP contribution in [0.1, 0.15) is 45.2 Å². The van der Waals surface area contributed by atoms with E-state index in [1.807, 2.05) is 45.9 Å². The second-order valence-corrected chi connectivity index (χ2v) is 8.83. The van der Waals surface area contributed by atoms with E-state index in [0.29, 0.717) is 19.6 Å². The molecule has 0 unspecified atom stereocenters. The van der Waals surface area contributed by atoms with Gasteiger partial charge in [-0.2, -0.15) is 0 Å². The van der Waals surface area contributed by atoms with Gasteiger partial charge in [-0.15, -0.1) is 0 Å². The van der Waals surface area contributed by atoms with Crippen molar-refractivity contribution in [2.45, 2.75) is 53.6 Å². The number of fused-ring (bicyclic) bond motifs is 1. The van der Waals surface area contributed by atoms with Gasteiger partial charge < -0.3 is 15.0 Å². The Morgan fingerprint density at radius 1 is 1.25 bits per heavy atom. The van der Waals surface area contributed by atoms with Gasteiger partial charge in [0.05, 0.1) is 11.7 Å². The third kappa shape index (κ3) is 4.83. The molecule has 1 heterocycles. The largest absolute Gasteiger partial charge is 0.489 e. The highest BCUT2D eigenvalue weighted by Gasteiger charge is 2.26. The van der Waals surface area contributed by atoms with Crippen LogP contribution in [0.5, 0.6) is 5.75 Å². The Bertz CT molecular complexity index is 856. The molecule has 5 heteroatoms. The first kappa shape index (κ1) is 20.2. The Hall–Kier alpha value is -2.56. The van der Waals surface area contributed by atoms with Gasteiger partial charge in [-0.05, 0) is 48.6 Å². The topological polar surface area (TPSA) is 41.6 Å². The Kier molecular flexibility index (Phi) is 5.64. The predicted octanol–water partition coefficient (Wildman–Crippen LogP) is 5.30. The van der Waals surface area contributed by atoms with Gasteiger partial charge in [0.2, 0.25) is 5.91 Å². The van der Waals surface area contributed by atoms with E-state index >= 15 is 0 Å². The first-order chi connectivity index (χ1) is 13.1. The third-order valence-electron chi connectivity index (χ3n) is 4.86. The van der Waals surface area contributed by atoms with Gasteiger partial charge in [-0.1, -0.05) is 32.9 Å². The molecule has 28 heavy (non-hydrogen) atoms. The molecule has 1 N–H and O–H groups in total. The lowest BCUT2D eigenvalue weighted by atomic mass is 9.92. The molecule has 1 atom stereocenters. The molecule has 4 nitrogen and oxygen atoms in total. The van der Waals surface area contributed by atoms with Crippen LogP contribution >= 0.6 is 0 Å². The summed E-state index contributed by atoms with van der Waals surface area (Å²) in [4.78, 5) is 14.6. The first-order valence-electron chi connectivity index (χ1n) is 9.71. The minimum atomic E-state index is -0.231. The van der Waals surface area contributed by atoms with Crippen LogP contribution in [0.2, 0.25) is 0 Å². The van der Waals surface area contributed by atoms with E-state index in [-0.39, 0.29) is 23.2 Å². The van der Waals surface area contributed by atoms with E-state index in [1.54, 1.807) is 0 Å². The number of aryl methyl sites for hydroxylation is 1. The summed E-state index contributed by atoms with van der Waals surface area (Å²) in [7, 11) is 0. The lowest BCUT2D eigenvalue weighted by Gasteiger charge is -2.37. The summed E-state index contributed by atoms with van der Waals surface area (Å²) in [5.74, 6) is 0.533. The van der Waals surface area contributed by atoms with Crippen LogP contribution < -0.4 is 15.0 Å². The molecule has 1 aliphatic heterocycles. The zero-order chi connectivity index (χ0) is 20.5. The maximum atomic E-state index is 13.2. The lowest BCUT2D eigenvalue weighted by molar-refractivity contribution is -0.117. The summed E-state index contributed by atoms with van der Waals surface area (Å²) in [6.07, 6.45) is 0.456. The SMILES string of the molecule is Cc1cc2c(cc1NC(=O)CC(C)(C)C)OC[C@H](C)N2Cc1ccc(F)cc1. The molecule has 3 rings (SSSR count). The van der Waals surface area contributed by atoms with Crippen molar-refractivity contribution in [3.63, 3.8) is 0 Å². The highest BCUT2D eigenvalue weighted by atomic mass is 19.1. The third-order valence-corrected chi connectivity index (χ3v) is 4.86. The summed E-state index contributed by atoms with van der Waals surface area (Å²) < 4.78 is 19.2. The molecule has 0 aliphatic carbocycles. The van der Waals surface area contributed by atoms with Crippen LogP contribution in [0.25, 0.3) is 0 Å². The Morgan fingerprint density at radius 2 is 1.93 bits per heavy atom. The molecule has 2 aromatic rings. The number of rotatable bonds is 4. The van der Waals surface area contributed by atoms with Crippen LogP contribution in [0.3, 0.4) is 0 Å². The number of nitrogens with one attached hydrogen (secondary N) is 1. The standard InChI is InChI=1S/C23H29FN2O2/c1-15-10-20-21(11-19(15)25-22(27)12-23(3,4)5)28-14-16(2)26(20)13-17-6-8-18(24)9-7-17/h6-11,16H,12-14H2,1-5H3,(H,25,27)/t16-/m0/s1. The molecule has 0 saturated carbocycles. The zero-order valence-electron chi connectivity index (χ0n) is 17.3. The first-order valence-corrected chi connectivity index (χ1v) is 9.71. The van der Waals surface area contributed by atoms with E-state index in [4.69, 9.17) is 4.74 Å². The van der Waals surface area contributed by atoms with E-state index in [2.05, 4.69) is 23.2 Å². The Balaban J connectivity index is 1.84. The van der Waals surface area contributed by atoms with Gasteiger partial charge in [0.15, 0.2) is 0 Å². The molecule has 1 aliphatic rings. The number of anilines is 2. The van der Waals surface area contributed by atoms with Gasteiger partial charge in [0.1, 0.15) is 18.2 Å². The maximum Gasteiger partial charge on any atom is 0.224 e. The normalized spacial score (nSPS) is 16.4. The smallest absolute Gasteiger partial charge is 0.224 e. The minimum absolute atomic E-state index is 0.00268. The highest BCUT2D eigenvalue weighted by Crippen LogP contribution is 2.39. The predicted molar refractivity (Wildman–Crippen MR) is 111 cm³/mol. The van der Waals surface area contributed by atoms with Crippen molar-refractivity contribution >= 4 is 17.3 Å². The van der Waals surface area contributed by atoms with Gasteiger partial charge in [-0.25, -0.2) is 4.39 Å². The molecule has 2 aromatic carbocycles. The summed E-state index contributed by atoms with van der Waals surface area (Å²) in [6.45, 7) is 11.5. The monoisotopic (exact) mass is 384 g/mol. The molecule has 150 valence electrons. The molecule has 0 aromatic heterocycles. The van der Waals surface area contributed by atoms with Crippen molar-refractivity contribution in [3.8, 4) is 5.75 Å². The molecular formula is C23H29FN2O2. The van der Waals surface area contributed by atoms with Crippen LogP contribution in [-0.2, 0) is 11.3 Å². The molecule has 0 spiro atoms. The maximum absolute atomic E-state index is 13.2. The molecule has 0 bridgehead atoms. The van der Waals surface area contributed by atoms with E-state index in [9.17, 15) is 9.18 Å². The second kappa shape index (κ2) is 7.82. The van der Waals surface area contributed by atoms with Crippen molar-refractivity contribution < 1.29 is 13.9 Å². The minimum Gasteiger partial charge on any atom is -0.489 e. The van der Waals surface area contributed by atoms with Crippen molar-refractivity contribution in [3.05, 3.63) is 53.3 Å². The molecular weight excluding hydrogens is 355 g/mol. The van der Waals surface area contributed by atoms with Crippen molar-refractivity contribution in [1.82, 2.24) is 0 Å². The summed E-state index contributed by atoms with van der Waals surface area (Å²) in [5.41, 5.74) is 3.74. The van der Waals surface area contributed by atoms with Crippen LogP contribution in [-0.4, -0.2) is 18.6 Å². The molecule has 1 amide bonds. The molecule has 0 radical (unpaired) electrons. The average molecular weight is 384 g/mol. The average Bonchev–Trinajstić information content (AvgIpc) is 2.59. The van der Waals surface area contributed by atoms with Crippen molar-refractivity contribution in [1.29, 1.82) is 0 Å². The Morgan fingerprint density at radius 3 is 2.57 bits per heavy atom. The van der Waals surface area contributed by atoms with Crippen molar-refractivity contribution in [2.75, 3.05) is 16.8 Å². The van der Waals surface area contributed by atoms with E-state index in [1.165, 1.54) is 12.1 Å². The van der Waals surface area contributed by atoms with Gasteiger partial charge in [0, 0.05) is 24.7 Å². The summed E-state index contributed by atoms with van der Waals surface area (Å²) in [5, 5.41) is 3.02. The number of amides is 1. The van der Waals surface area contributed by atoms with Crippen LogP contribution in [0.4, 0.5) is 15.8 Å². The van der Waals surface area contributed by atoms with Crippen LogP contribution in [0, 0.1) is 18.2 Å². The van der Waals surface area contributed by atoms with Gasteiger partial charge in [-0.3, -0.25) is 4.79 Å². The van der Waals surface area contributed by atoms with Crippen LogP contribution in [0.15, 0.2) is 36.4 Å². The van der Waals surface area contributed by atoms with Gasteiger partial charge >= 0.3 is 0 Å². The second-order valence-electron chi connectivity index (χ2n) is 8.83. The number of ether oxygens (including phenoxy) is 1. The summed E-state index contributed by atoms with van der Waals surface area (Å²) in [6, 6.07) is 10.8. The highest BCUT2D eigenvalue weighted by molar-refractivity contribution is 5.92. The fraction of sp³-hybridized carbons (Fsp3) is 0.435. The fourth-order valence-corrected chi connectivity index (χ4v) is 3.39. The zero-order valence-corrected chi connectivity index (χ0v) is 17.3. The number of benzene rings is 2. The number of carbonyl (C=O) groups is 1.